The minimum atomic E-state index is -0.828. The molecule has 2 aliphatic rings. The lowest BCUT2D eigenvalue weighted by molar-refractivity contribution is -0.153. The van der Waals surface area contributed by atoms with E-state index in [9.17, 15) is 14.7 Å². The monoisotopic (exact) mass is 282 g/mol. The predicted molar refractivity (Wildman–Crippen MR) is 76.4 cm³/mol. The summed E-state index contributed by atoms with van der Waals surface area (Å²) in [5.41, 5.74) is -0.828. The fourth-order valence-corrected chi connectivity index (χ4v) is 3.51. The number of aliphatic carboxylic acids is 1. The smallest absolute Gasteiger partial charge is 0.310 e. The van der Waals surface area contributed by atoms with Gasteiger partial charge in [0.25, 0.3) is 0 Å². The van der Waals surface area contributed by atoms with Crippen LogP contribution >= 0.6 is 0 Å². The van der Waals surface area contributed by atoms with Crippen LogP contribution in [0.4, 0.5) is 0 Å². The summed E-state index contributed by atoms with van der Waals surface area (Å²) in [5, 5.41) is 12.6. The Kier molecular flexibility index (Phi) is 5.02. The Morgan fingerprint density at radius 3 is 2.40 bits per heavy atom. The number of rotatable bonds is 4. The zero-order chi connectivity index (χ0) is 14.6. The van der Waals surface area contributed by atoms with Crippen molar-refractivity contribution < 1.29 is 14.7 Å². The summed E-state index contributed by atoms with van der Waals surface area (Å²) in [4.78, 5) is 26.1. The van der Waals surface area contributed by atoms with Crippen LogP contribution in [0.2, 0.25) is 0 Å². The van der Waals surface area contributed by atoms with Crippen molar-refractivity contribution in [2.24, 2.45) is 5.41 Å². The van der Waals surface area contributed by atoms with Crippen molar-refractivity contribution >= 4 is 11.9 Å². The number of hydrogen-bond acceptors (Lipinski definition) is 3. The largest absolute Gasteiger partial charge is 0.481 e. The third kappa shape index (κ3) is 3.72. The first-order chi connectivity index (χ1) is 9.52. The standard InChI is InChI=1S/C15H26N2O3/c1-17-9-6-12(11-17)16-13(18)10-15(14(19)20)7-4-2-3-5-8-15/h12H,2-11H2,1H3,(H,16,18)(H,19,20). The number of hydrogen-bond donors (Lipinski definition) is 2. The maximum atomic E-state index is 12.2. The molecular formula is C15H26N2O3. The summed E-state index contributed by atoms with van der Waals surface area (Å²) in [7, 11) is 2.04. The van der Waals surface area contributed by atoms with E-state index in [-0.39, 0.29) is 18.4 Å². The number of likely N-dealkylation sites (N-methyl/N-ethyl adjacent to an activating group) is 1. The number of carboxylic acid groups (broad SMARTS) is 1. The van der Waals surface area contributed by atoms with Crippen LogP contribution in [-0.2, 0) is 9.59 Å². The van der Waals surface area contributed by atoms with Gasteiger partial charge in [0.15, 0.2) is 0 Å². The summed E-state index contributed by atoms with van der Waals surface area (Å²) < 4.78 is 0. The quantitative estimate of drug-likeness (QED) is 0.769. The van der Waals surface area contributed by atoms with Gasteiger partial charge in [-0.15, -0.1) is 0 Å². The molecule has 1 heterocycles. The molecule has 2 N–H and O–H groups in total. The lowest BCUT2D eigenvalue weighted by Crippen LogP contribution is -2.42. The third-order valence-electron chi connectivity index (χ3n) is 4.77. The van der Waals surface area contributed by atoms with E-state index in [4.69, 9.17) is 0 Å². The molecule has 0 bridgehead atoms. The van der Waals surface area contributed by atoms with Gasteiger partial charge in [-0.25, -0.2) is 0 Å². The maximum Gasteiger partial charge on any atom is 0.310 e. The number of amides is 1. The molecule has 2 rings (SSSR count). The topological polar surface area (TPSA) is 69.6 Å². The van der Waals surface area contributed by atoms with Gasteiger partial charge in [-0.1, -0.05) is 25.7 Å². The molecule has 1 saturated carbocycles. The first-order valence-electron chi connectivity index (χ1n) is 7.73. The Bertz CT molecular complexity index is 362. The number of carboxylic acids is 1. The molecular weight excluding hydrogens is 256 g/mol. The average Bonchev–Trinajstić information content (AvgIpc) is 2.64. The minimum Gasteiger partial charge on any atom is -0.481 e. The first kappa shape index (κ1) is 15.3. The maximum absolute atomic E-state index is 12.2. The van der Waals surface area contributed by atoms with Crippen LogP contribution in [-0.4, -0.2) is 48.1 Å². The van der Waals surface area contributed by atoms with Crippen molar-refractivity contribution in [3.8, 4) is 0 Å². The van der Waals surface area contributed by atoms with E-state index in [1.165, 1.54) is 0 Å². The summed E-state index contributed by atoms with van der Waals surface area (Å²) in [6.07, 6.45) is 6.40. The summed E-state index contributed by atoms with van der Waals surface area (Å²) in [5.74, 6) is -0.882. The van der Waals surface area contributed by atoms with E-state index in [1.54, 1.807) is 0 Å². The van der Waals surface area contributed by atoms with E-state index in [0.717, 1.165) is 45.2 Å². The highest BCUT2D eigenvalue weighted by molar-refractivity contribution is 5.85. The molecule has 1 aliphatic carbocycles. The predicted octanol–water partition coefficient (Wildman–Crippen LogP) is 1.62. The fourth-order valence-electron chi connectivity index (χ4n) is 3.51. The number of nitrogens with one attached hydrogen (secondary N) is 1. The van der Waals surface area contributed by atoms with Gasteiger partial charge < -0.3 is 15.3 Å². The van der Waals surface area contributed by atoms with Crippen molar-refractivity contribution in [1.82, 2.24) is 10.2 Å². The molecule has 0 aromatic rings. The molecule has 1 amide bonds. The van der Waals surface area contributed by atoms with E-state index in [0.29, 0.717) is 12.8 Å². The highest BCUT2D eigenvalue weighted by Crippen LogP contribution is 2.38. The summed E-state index contributed by atoms with van der Waals surface area (Å²) in [6.45, 7) is 1.86. The molecule has 2 fully saturated rings. The highest BCUT2D eigenvalue weighted by Gasteiger charge is 2.41. The first-order valence-corrected chi connectivity index (χ1v) is 7.73. The third-order valence-corrected chi connectivity index (χ3v) is 4.77. The van der Waals surface area contributed by atoms with Crippen LogP contribution in [0, 0.1) is 5.41 Å². The van der Waals surface area contributed by atoms with E-state index < -0.39 is 11.4 Å². The van der Waals surface area contributed by atoms with Gasteiger partial charge >= 0.3 is 5.97 Å². The van der Waals surface area contributed by atoms with Gasteiger partial charge in [0.1, 0.15) is 0 Å². The second kappa shape index (κ2) is 6.57. The molecule has 0 radical (unpaired) electrons. The molecule has 5 heteroatoms. The van der Waals surface area contributed by atoms with Gasteiger partial charge in [0.05, 0.1) is 5.41 Å². The second-order valence-corrected chi connectivity index (χ2v) is 6.49. The van der Waals surface area contributed by atoms with Crippen LogP contribution in [0.25, 0.3) is 0 Å². The molecule has 1 saturated heterocycles. The van der Waals surface area contributed by atoms with Crippen LogP contribution in [0.5, 0.6) is 0 Å². The molecule has 1 aliphatic heterocycles. The normalized spacial score (nSPS) is 26.9. The van der Waals surface area contributed by atoms with Crippen LogP contribution in [0.1, 0.15) is 51.4 Å². The molecule has 1 atom stereocenters. The number of carbonyl (C=O) groups excluding carboxylic acids is 1. The summed E-state index contributed by atoms with van der Waals surface area (Å²) in [6, 6.07) is 0.184. The lowest BCUT2D eigenvalue weighted by atomic mass is 9.77. The Hall–Kier alpha value is -1.10. The Morgan fingerprint density at radius 2 is 1.90 bits per heavy atom. The number of nitrogens with zero attached hydrogens (tertiary/aromatic N) is 1. The second-order valence-electron chi connectivity index (χ2n) is 6.49. The van der Waals surface area contributed by atoms with Gasteiger partial charge in [-0.2, -0.15) is 0 Å². The molecule has 0 aromatic heterocycles. The Morgan fingerprint density at radius 1 is 1.25 bits per heavy atom. The van der Waals surface area contributed by atoms with Gasteiger partial charge in [0, 0.05) is 19.0 Å². The van der Waals surface area contributed by atoms with Crippen molar-refractivity contribution in [1.29, 1.82) is 0 Å². The van der Waals surface area contributed by atoms with Crippen molar-refractivity contribution in [2.45, 2.75) is 57.4 Å². The van der Waals surface area contributed by atoms with Crippen LogP contribution in [0.3, 0.4) is 0 Å². The highest BCUT2D eigenvalue weighted by atomic mass is 16.4. The zero-order valence-corrected chi connectivity index (χ0v) is 12.4. The molecule has 1 unspecified atom stereocenters. The molecule has 114 valence electrons. The van der Waals surface area contributed by atoms with Crippen molar-refractivity contribution in [2.75, 3.05) is 20.1 Å². The van der Waals surface area contributed by atoms with E-state index in [1.807, 2.05) is 7.05 Å². The fraction of sp³-hybridized carbons (Fsp3) is 0.867. The number of likely N-dealkylation sites (tertiary alicyclic amines) is 1. The van der Waals surface area contributed by atoms with Gasteiger partial charge in [0.2, 0.25) is 5.91 Å². The molecule has 5 nitrogen and oxygen atoms in total. The summed E-state index contributed by atoms with van der Waals surface area (Å²) >= 11 is 0. The van der Waals surface area contributed by atoms with Gasteiger partial charge in [-0.05, 0) is 32.9 Å². The molecule has 20 heavy (non-hydrogen) atoms. The zero-order valence-electron chi connectivity index (χ0n) is 12.4. The number of carbonyl (C=O) groups is 2. The van der Waals surface area contributed by atoms with Crippen LogP contribution < -0.4 is 5.32 Å². The minimum absolute atomic E-state index is 0.0883. The molecule has 0 aromatic carbocycles. The van der Waals surface area contributed by atoms with Gasteiger partial charge in [-0.3, -0.25) is 9.59 Å². The van der Waals surface area contributed by atoms with Crippen molar-refractivity contribution in [3.63, 3.8) is 0 Å². The van der Waals surface area contributed by atoms with E-state index >= 15 is 0 Å². The lowest BCUT2D eigenvalue weighted by Gasteiger charge is -2.28. The van der Waals surface area contributed by atoms with Crippen molar-refractivity contribution in [3.05, 3.63) is 0 Å². The average molecular weight is 282 g/mol. The van der Waals surface area contributed by atoms with Crippen LogP contribution in [0.15, 0.2) is 0 Å². The van der Waals surface area contributed by atoms with E-state index in [2.05, 4.69) is 10.2 Å². The Balaban J connectivity index is 1.93. The Labute approximate surface area is 120 Å². The SMILES string of the molecule is CN1CCC(NC(=O)CC2(C(=O)O)CCCCCC2)C1. The molecule has 0 spiro atoms.